The maximum absolute atomic E-state index is 12.2. The predicted octanol–water partition coefficient (Wildman–Crippen LogP) is 3.53. The molecule has 1 rings (SSSR count). The van der Waals surface area contributed by atoms with Crippen molar-refractivity contribution in [2.75, 3.05) is 6.61 Å². The molecule has 5 heteroatoms. The lowest BCUT2D eigenvalue weighted by Crippen LogP contribution is -2.22. The molecule has 0 aliphatic rings. The summed E-state index contributed by atoms with van der Waals surface area (Å²) in [5, 5.41) is 0. The number of carbonyl (C=O) groups is 1. The number of Topliss-reactive ketones (excluding diaryl/α,β-unsaturated/α-hetero) is 1. The van der Waals surface area contributed by atoms with Crippen molar-refractivity contribution in [2.45, 2.75) is 26.4 Å². The first-order valence-corrected chi connectivity index (χ1v) is 5.21. The number of rotatable bonds is 4. The molecular formula is C12H13F3O2. The summed E-state index contributed by atoms with van der Waals surface area (Å²) in [4.78, 5) is 11.0. The number of carbonyl (C=O) groups excluding carboxylic acids is 1. The number of aryl methyl sites for hydroxylation is 1. The van der Waals surface area contributed by atoms with Gasteiger partial charge in [0.25, 0.3) is 5.78 Å². The standard InChI is InChI=1S/C12H13F3O2/c1-3-6-17-10-7-9(5-4-8(10)2)11(16)12(13,14)15/h4-5,7H,3,6H2,1-2H3. The fraction of sp³-hybridized carbons (Fsp3) is 0.417. The van der Waals surface area contributed by atoms with Gasteiger partial charge in [-0.2, -0.15) is 13.2 Å². The molecule has 1 aromatic rings. The van der Waals surface area contributed by atoms with Crippen molar-refractivity contribution in [3.8, 4) is 5.75 Å². The van der Waals surface area contributed by atoms with Crippen LogP contribution in [0.2, 0.25) is 0 Å². The van der Waals surface area contributed by atoms with Crippen LogP contribution in [0.4, 0.5) is 13.2 Å². The Hall–Kier alpha value is -1.52. The fourth-order valence-corrected chi connectivity index (χ4v) is 1.27. The van der Waals surface area contributed by atoms with Gasteiger partial charge in [0, 0.05) is 5.56 Å². The highest BCUT2D eigenvalue weighted by Gasteiger charge is 2.39. The number of ether oxygens (including phenoxy) is 1. The summed E-state index contributed by atoms with van der Waals surface area (Å²) >= 11 is 0. The number of halogens is 3. The van der Waals surface area contributed by atoms with Gasteiger partial charge in [-0.25, -0.2) is 0 Å². The quantitative estimate of drug-likeness (QED) is 0.760. The Morgan fingerprint density at radius 3 is 2.53 bits per heavy atom. The molecule has 0 aliphatic carbocycles. The van der Waals surface area contributed by atoms with Gasteiger partial charge < -0.3 is 4.74 Å². The minimum Gasteiger partial charge on any atom is -0.493 e. The van der Waals surface area contributed by atoms with Gasteiger partial charge in [0.1, 0.15) is 5.75 Å². The molecule has 0 atom stereocenters. The molecule has 0 aliphatic heterocycles. The molecule has 17 heavy (non-hydrogen) atoms. The van der Waals surface area contributed by atoms with Gasteiger partial charge >= 0.3 is 6.18 Å². The number of ketones is 1. The maximum atomic E-state index is 12.2. The maximum Gasteiger partial charge on any atom is 0.454 e. The van der Waals surface area contributed by atoms with Crippen molar-refractivity contribution >= 4 is 5.78 Å². The third-order valence-corrected chi connectivity index (χ3v) is 2.17. The van der Waals surface area contributed by atoms with E-state index in [1.165, 1.54) is 6.07 Å². The van der Waals surface area contributed by atoms with Gasteiger partial charge in [-0.15, -0.1) is 0 Å². The molecule has 0 fully saturated rings. The lowest BCUT2D eigenvalue weighted by atomic mass is 10.1. The van der Waals surface area contributed by atoms with Gasteiger partial charge in [-0.1, -0.05) is 19.1 Å². The van der Waals surface area contributed by atoms with Crippen LogP contribution in [-0.2, 0) is 0 Å². The van der Waals surface area contributed by atoms with E-state index in [1.807, 2.05) is 6.92 Å². The van der Waals surface area contributed by atoms with E-state index >= 15 is 0 Å². The average molecular weight is 246 g/mol. The van der Waals surface area contributed by atoms with E-state index in [9.17, 15) is 18.0 Å². The second-order valence-electron chi connectivity index (χ2n) is 3.66. The van der Waals surface area contributed by atoms with E-state index < -0.39 is 17.5 Å². The van der Waals surface area contributed by atoms with E-state index in [-0.39, 0.29) is 0 Å². The normalized spacial score (nSPS) is 11.4. The lowest BCUT2D eigenvalue weighted by Gasteiger charge is -2.10. The SMILES string of the molecule is CCCOc1cc(C(=O)C(F)(F)F)ccc1C. The zero-order chi connectivity index (χ0) is 13.1. The van der Waals surface area contributed by atoms with Crippen LogP contribution in [0.5, 0.6) is 5.75 Å². The molecule has 0 aromatic heterocycles. The summed E-state index contributed by atoms with van der Waals surface area (Å²) in [5.74, 6) is -1.53. The zero-order valence-corrected chi connectivity index (χ0v) is 9.60. The first-order valence-electron chi connectivity index (χ1n) is 5.21. The number of hydrogen-bond donors (Lipinski definition) is 0. The second-order valence-corrected chi connectivity index (χ2v) is 3.66. The number of alkyl halides is 3. The Labute approximate surface area is 97.4 Å². The van der Waals surface area contributed by atoms with Crippen LogP contribution in [0.25, 0.3) is 0 Å². The molecule has 0 radical (unpaired) electrons. The average Bonchev–Trinajstić information content (AvgIpc) is 2.26. The van der Waals surface area contributed by atoms with Crippen LogP contribution in [0.15, 0.2) is 18.2 Å². The second kappa shape index (κ2) is 5.21. The van der Waals surface area contributed by atoms with E-state index in [1.54, 1.807) is 6.92 Å². The summed E-state index contributed by atoms with van der Waals surface area (Å²) in [5.41, 5.74) is 0.311. The van der Waals surface area contributed by atoms with Crippen LogP contribution in [-0.4, -0.2) is 18.6 Å². The highest BCUT2D eigenvalue weighted by molar-refractivity contribution is 6.00. The van der Waals surface area contributed by atoms with E-state index in [4.69, 9.17) is 4.74 Å². The molecular weight excluding hydrogens is 233 g/mol. The van der Waals surface area contributed by atoms with E-state index in [2.05, 4.69) is 0 Å². The van der Waals surface area contributed by atoms with E-state index in [0.29, 0.717) is 17.9 Å². The van der Waals surface area contributed by atoms with Crippen LogP contribution >= 0.6 is 0 Å². The predicted molar refractivity (Wildman–Crippen MR) is 57.4 cm³/mol. The topological polar surface area (TPSA) is 26.3 Å². The van der Waals surface area contributed by atoms with Gasteiger partial charge in [0.15, 0.2) is 0 Å². The third-order valence-electron chi connectivity index (χ3n) is 2.17. The highest BCUT2D eigenvalue weighted by Crippen LogP contribution is 2.26. The molecule has 0 heterocycles. The first kappa shape index (κ1) is 13.5. The van der Waals surface area contributed by atoms with Gasteiger partial charge in [-0.3, -0.25) is 4.79 Å². The van der Waals surface area contributed by atoms with Crippen molar-refractivity contribution in [3.63, 3.8) is 0 Å². The van der Waals surface area contributed by atoms with Crippen molar-refractivity contribution in [1.82, 2.24) is 0 Å². The van der Waals surface area contributed by atoms with Crippen molar-refractivity contribution in [2.24, 2.45) is 0 Å². The molecule has 94 valence electrons. The summed E-state index contributed by atoms with van der Waals surface area (Å²) in [7, 11) is 0. The molecule has 1 aromatic carbocycles. The van der Waals surface area contributed by atoms with E-state index in [0.717, 1.165) is 18.6 Å². The summed E-state index contributed by atoms with van der Waals surface area (Å²) in [6.45, 7) is 4.01. The van der Waals surface area contributed by atoms with Gasteiger partial charge in [0.2, 0.25) is 0 Å². The third kappa shape index (κ3) is 3.47. The fourth-order valence-electron chi connectivity index (χ4n) is 1.27. The lowest BCUT2D eigenvalue weighted by molar-refractivity contribution is -0.0885. The molecule has 0 bridgehead atoms. The highest BCUT2D eigenvalue weighted by atomic mass is 19.4. The van der Waals surface area contributed by atoms with Crippen LogP contribution in [0.1, 0.15) is 29.3 Å². The first-order chi connectivity index (χ1) is 7.86. The Bertz CT molecular complexity index is 411. The zero-order valence-electron chi connectivity index (χ0n) is 9.60. The molecule has 0 spiro atoms. The number of benzene rings is 1. The molecule has 2 nitrogen and oxygen atoms in total. The Kier molecular flexibility index (Phi) is 4.15. The minimum absolute atomic E-state index is 0.321. The van der Waals surface area contributed by atoms with Crippen LogP contribution < -0.4 is 4.74 Å². The molecule has 0 saturated carbocycles. The van der Waals surface area contributed by atoms with Gasteiger partial charge in [0.05, 0.1) is 6.61 Å². The summed E-state index contributed by atoms with van der Waals surface area (Å²) < 4.78 is 42.0. The molecule has 0 amide bonds. The van der Waals surface area contributed by atoms with Crippen LogP contribution in [0.3, 0.4) is 0 Å². The summed E-state index contributed by atoms with van der Waals surface area (Å²) in [6.07, 6.45) is -4.10. The smallest absolute Gasteiger partial charge is 0.454 e. The Morgan fingerprint density at radius 1 is 1.35 bits per heavy atom. The van der Waals surface area contributed by atoms with Crippen molar-refractivity contribution in [3.05, 3.63) is 29.3 Å². The number of hydrogen-bond acceptors (Lipinski definition) is 2. The molecule has 0 N–H and O–H groups in total. The monoisotopic (exact) mass is 246 g/mol. The van der Waals surface area contributed by atoms with Crippen molar-refractivity contribution < 1.29 is 22.7 Å². The molecule has 0 unspecified atom stereocenters. The van der Waals surface area contributed by atoms with Gasteiger partial charge in [-0.05, 0) is 25.0 Å². The summed E-state index contributed by atoms with van der Waals surface area (Å²) in [6, 6.07) is 3.74. The van der Waals surface area contributed by atoms with Crippen molar-refractivity contribution in [1.29, 1.82) is 0 Å². The van der Waals surface area contributed by atoms with Crippen LogP contribution in [0, 0.1) is 6.92 Å². The largest absolute Gasteiger partial charge is 0.493 e. The Morgan fingerprint density at radius 2 is 2.00 bits per heavy atom. The minimum atomic E-state index is -4.85. The Balaban J connectivity index is 3.00. The molecule has 0 saturated heterocycles.